The van der Waals surface area contributed by atoms with Gasteiger partial charge < -0.3 is 0 Å². The Hall–Kier alpha value is -4.86. The van der Waals surface area contributed by atoms with Crippen LogP contribution in [0.15, 0.2) is 158 Å². The van der Waals surface area contributed by atoms with Crippen LogP contribution in [0.3, 0.4) is 0 Å². The minimum absolute atomic E-state index is 0. The van der Waals surface area contributed by atoms with Crippen LogP contribution in [0, 0.1) is 18.2 Å². The molecule has 7 aliphatic rings. The van der Waals surface area contributed by atoms with Crippen molar-refractivity contribution in [1.29, 1.82) is 0 Å². The van der Waals surface area contributed by atoms with Gasteiger partial charge in [0, 0.05) is 5.92 Å². The van der Waals surface area contributed by atoms with E-state index in [1.807, 2.05) is 42.5 Å². The third-order valence-corrected chi connectivity index (χ3v) is 13.8. The summed E-state index contributed by atoms with van der Waals surface area (Å²) in [4.78, 5) is 0. The molecule has 0 spiro atoms. The van der Waals surface area contributed by atoms with E-state index in [9.17, 15) is 0 Å². The van der Waals surface area contributed by atoms with Gasteiger partial charge in [-0.05, 0) is 107 Å². The van der Waals surface area contributed by atoms with Crippen LogP contribution < -0.4 is 18.9 Å². The van der Waals surface area contributed by atoms with Gasteiger partial charge in [0.1, 0.15) is 0 Å². The summed E-state index contributed by atoms with van der Waals surface area (Å²) in [7, 11) is 0. The minimum atomic E-state index is 0. The van der Waals surface area contributed by atoms with E-state index in [1.54, 1.807) is 22.3 Å². The monoisotopic (exact) mass is 742 g/mol. The molecule has 1 atom stereocenters. The third kappa shape index (κ3) is 7.83. The molecule has 4 bridgehead atoms. The van der Waals surface area contributed by atoms with Crippen LogP contribution >= 0.6 is 0 Å². The zero-order valence-electron chi connectivity index (χ0n) is 34.0. The molecule has 14 rings (SSSR count). The third-order valence-electron chi connectivity index (χ3n) is 13.8. The quantitative estimate of drug-likeness (QED) is 0.125. The molecule has 2 saturated carbocycles. The summed E-state index contributed by atoms with van der Waals surface area (Å²) >= 11 is 0. The molecule has 7 aromatic rings. The SMILES string of the molecule is [Li+].[c-]1c2c(cc3c1C1CCC3CC1)C1CCC2CC1.[c-]1ccc(-c2cccc(-c3ccc4c(c3)-c3ccccc3CCC4c3ccccc3)c2)cc1.[c-]1ccccc1. The predicted molar refractivity (Wildman–Crippen MR) is 237 cm³/mol. The molecule has 2 fully saturated rings. The molecular formula is C57H51Li-2. The Morgan fingerprint density at radius 3 is 1.59 bits per heavy atom. The molecule has 7 aliphatic carbocycles. The Morgan fingerprint density at radius 2 is 0.948 bits per heavy atom. The van der Waals surface area contributed by atoms with Gasteiger partial charge >= 0.3 is 18.9 Å². The van der Waals surface area contributed by atoms with Crippen molar-refractivity contribution in [1.82, 2.24) is 0 Å². The summed E-state index contributed by atoms with van der Waals surface area (Å²) in [6, 6.07) is 66.3. The number of benzene rings is 7. The molecule has 0 saturated heterocycles. The molecule has 0 amide bonds. The zero-order valence-corrected chi connectivity index (χ0v) is 34.0. The fourth-order valence-electron chi connectivity index (χ4n) is 10.9. The van der Waals surface area contributed by atoms with Crippen LogP contribution in [0.25, 0.3) is 33.4 Å². The van der Waals surface area contributed by atoms with E-state index in [2.05, 4.69) is 133 Å². The van der Waals surface area contributed by atoms with E-state index in [0.29, 0.717) is 5.92 Å². The zero-order chi connectivity index (χ0) is 38.0. The molecule has 0 aliphatic heterocycles. The van der Waals surface area contributed by atoms with Gasteiger partial charge in [-0.15, -0.1) is 16.7 Å². The van der Waals surface area contributed by atoms with Gasteiger partial charge in [-0.2, -0.15) is 90.0 Å². The summed E-state index contributed by atoms with van der Waals surface area (Å²) in [6.45, 7) is 0. The van der Waals surface area contributed by atoms with E-state index in [4.69, 9.17) is 0 Å². The van der Waals surface area contributed by atoms with Crippen molar-refractivity contribution in [3.8, 4) is 33.4 Å². The van der Waals surface area contributed by atoms with Gasteiger partial charge in [0.15, 0.2) is 0 Å². The average Bonchev–Trinajstić information content (AvgIpc) is 3.48. The first-order valence-corrected chi connectivity index (χ1v) is 21.6. The number of hydrogen-bond donors (Lipinski definition) is 0. The second-order valence-electron chi connectivity index (χ2n) is 17.0. The fourth-order valence-corrected chi connectivity index (χ4v) is 10.9. The topological polar surface area (TPSA) is 0 Å². The van der Waals surface area contributed by atoms with Crippen molar-refractivity contribution >= 4 is 0 Å². The first kappa shape index (κ1) is 38.6. The molecule has 0 heterocycles. The Kier molecular flexibility index (Phi) is 11.7. The molecule has 282 valence electrons. The second kappa shape index (κ2) is 17.6. The van der Waals surface area contributed by atoms with Gasteiger partial charge in [0.25, 0.3) is 0 Å². The number of rotatable bonds is 3. The fraction of sp³-hybridized carbons (Fsp3) is 0.263. The molecule has 58 heavy (non-hydrogen) atoms. The molecule has 1 unspecified atom stereocenters. The van der Waals surface area contributed by atoms with Crippen LogP contribution in [0.1, 0.15) is 126 Å². The Morgan fingerprint density at radius 1 is 0.379 bits per heavy atom. The van der Waals surface area contributed by atoms with Crippen LogP contribution in [-0.4, -0.2) is 0 Å². The molecule has 0 radical (unpaired) electrons. The normalized spacial score (nSPS) is 21.5. The van der Waals surface area contributed by atoms with Crippen molar-refractivity contribution in [2.24, 2.45) is 0 Å². The first-order chi connectivity index (χ1) is 28.3. The summed E-state index contributed by atoms with van der Waals surface area (Å²) in [5.41, 5.74) is 18.8. The standard InChI is InChI=1S/C33H25.C18H21.C6H5.Li/c1-3-10-24(11-4-1)27-15-9-16-28(22-27)29-19-21-32-31(25-12-5-2-6-13-25)20-18-26-14-7-8-17-30(26)33(32)23-29;1-2-12-4-3-11(1)15-9-17-13-5-7-14(8-6-13)18(17)10-16(12)15;1-2-4-6-5-3-1;/h2-17,19,21-23,31H,18,20H2;9,11-14H,1-8H2;1-5H;/q3*-1;+1. The van der Waals surface area contributed by atoms with Gasteiger partial charge in [0.2, 0.25) is 0 Å². The van der Waals surface area contributed by atoms with Crippen LogP contribution in [0.2, 0.25) is 0 Å². The molecule has 1 heteroatoms. The number of hydrogen-bond acceptors (Lipinski definition) is 0. The van der Waals surface area contributed by atoms with E-state index in [-0.39, 0.29) is 18.9 Å². The predicted octanol–water partition coefficient (Wildman–Crippen LogP) is 12.1. The Bertz CT molecular complexity index is 2320. The number of aryl methyl sites for hydroxylation is 1. The molecule has 0 aromatic heterocycles. The van der Waals surface area contributed by atoms with Crippen LogP contribution in [0.4, 0.5) is 0 Å². The molecule has 0 nitrogen and oxygen atoms in total. The van der Waals surface area contributed by atoms with Crippen molar-refractivity contribution in [3.63, 3.8) is 0 Å². The Balaban J connectivity index is 0.000000144. The van der Waals surface area contributed by atoms with Crippen LogP contribution in [0.5, 0.6) is 0 Å². The largest absolute Gasteiger partial charge is 1.00 e. The van der Waals surface area contributed by atoms with E-state index in [1.165, 1.54) is 101 Å². The van der Waals surface area contributed by atoms with Gasteiger partial charge in [-0.3, -0.25) is 0 Å². The second-order valence-corrected chi connectivity index (χ2v) is 17.0. The van der Waals surface area contributed by atoms with E-state index in [0.717, 1.165) is 36.5 Å². The van der Waals surface area contributed by atoms with E-state index >= 15 is 0 Å². The first-order valence-electron chi connectivity index (χ1n) is 21.6. The van der Waals surface area contributed by atoms with Gasteiger partial charge in [-0.25, -0.2) is 0 Å². The average molecular weight is 743 g/mol. The summed E-state index contributed by atoms with van der Waals surface area (Å²) in [6.07, 6.45) is 13.8. The van der Waals surface area contributed by atoms with Crippen LogP contribution in [-0.2, 0) is 6.42 Å². The van der Waals surface area contributed by atoms with Crippen molar-refractivity contribution in [2.75, 3.05) is 0 Å². The maximum Gasteiger partial charge on any atom is 1.00 e. The van der Waals surface area contributed by atoms with Gasteiger partial charge in [-0.1, -0.05) is 122 Å². The van der Waals surface area contributed by atoms with Crippen molar-refractivity contribution < 1.29 is 18.9 Å². The van der Waals surface area contributed by atoms with E-state index < -0.39 is 0 Å². The summed E-state index contributed by atoms with van der Waals surface area (Å²) < 4.78 is 0. The maximum absolute atomic E-state index is 3.95. The van der Waals surface area contributed by atoms with Crippen molar-refractivity contribution in [2.45, 2.75) is 93.8 Å². The van der Waals surface area contributed by atoms with Gasteiger partial charge in [0.05, 0.1) is 0 Å². The van der Waals surface area contributed by atoms with Crippen molar-refractivity contribution in [3.05, 3.63) is 215 Å². The molecule has 7 aromatic carbocycles. The molecule has 0 N–H and O–H groups in total. The molecular weight excluding hydrogens is 692 g/mol. The number of fused-ring (bicyclic) bond motifs is 7. The summed E-state index contributed by atoms with van der Waals surface area (Å²) in [5.74, 6) is 3.94. The smallest absolute Gasteiger partial charge is 0.184 e. The minimum Gasteiger partial charge on any atom is -0.184 e. The Labute approximate surface area is 359 Å². The summed E-state index contributed by atoms with van der Waals surface area (Å²) in [5, 5.41) is 0. The maximum atomic E-state index is 3.95.